The molecule has 0 aliphatic carbocycles. The highest BCUT2D eigenvalue weighted by molar-refractivity contribution is 9.10. The highest BCUT2D eigenvalue weighted by atomic mass is 79.9. The normalized spacial score (nSPS) is 10.9. The van der Waals surface area contributed by atoms with Crippen LogP contribution >= 0.6 is 15.9 Å². The summed E-state index contributed by atoms with van der Waals surface area (Å²) < 4.78 is 6.97. The maximum absolute atomic E-state index is 5.85. The number of hydrogen-bond donors (Lipinski definition) is 1. The first kappa shape index (κ1) is 14.5. The van der Waals surface area contributed by atoms with Gasteiger partial charge in [-0.2, -0.15) is 0 Å². The summed E-state index contributed by atoms with van der Waals surface area (Å²) in [4.78, 5) is 0. The zero-order valence-corrected chi connectivity index (χ0v) is 12.5. The van der Waals surface area contributed by atoms with Crippen LogP contribution in [0.4, 0.5) is 0 Å². The molecule has 0 fully saturated rings. The largest absolute Gasteiger partial charge is 0.493 e. The van der Waals surface area contributed by atoms with Crippen molar-refractivity contribution in [2.24, 2.45) is 0 Å². The summed E-state index contributed by atoms with van der Waals surface area (Å²) >= 11 is 3.50. The number of benzene rings is 1. The van der Waals surface area contributed by atoms with Crippen LogP contribution < -0.4 is 10.1 Å². The maximum atomic E-state index is 5.85. The number of rotatable bonds is 7. The van der Waals surface area contributed by atoms with Gasteiger partial charge in [-0.1, -0.05) is 29.8 Å². The van der Waals surface area contributed by atoms with Gasteiger partial charge in [0.25, 0.3) is 0 Å². The van der Waals surface area contributed by atoms with Crippen molar-refractivity contribution < 1.29 is 4.74 Å². The van der Waals surface area contributed by atoms with E-state index in [1.807, 2.05) is 13.1 Å². The summed E-state index contributed by atoms with van der Waals surface area (Å²) in [6, 6.07) is 6.24. The number of ether oxygens (including phenoxy) is 1. The van der Waals surface area contributed by atoms with Gasteiger partial charge in [0.05, 0.1) is 6.61 Å². The Morgan fingerprint density at radius 1 is 1.29 bits per heavy atom. The lowest BCUT2D eigenvalue weighted by atomic mass is 10.0. The topological polar surface area (TPSA) is 21.3 Å². The molecule has 3 heteroatoms. The second-order valence-electron chi connectivity index (χ2n) is 4.50. The van der Waals surface area contributed by atoms with Gasteiger partial charge in [0.15, 0.2) is 0 Å². The molecule has 0 aliphatic rings. The van der Waals surface area contributed by atoms with Gasteiger partial charge in [0, 0.05) is 4.47 Å². The molecule has 1 aromatic rings. The molecule has 0 spiro atoms. The second-order valence-corrected chi connectivity index (χ2v) is 5.41. The molecule has 0 aliphatic heterocycles. The van der Waals surface area contributed by atoms with Gasteiger partial charge < -0.3 is 10.1 Å². The minimum Gasteiger partial charge on any atom is -0.493 e. The molecule has 1 N–H and O–H groups in total. The first-order chi connectivity index (χ1) is 8.15. The molecule has 96 valence electrons. The highest BCUT2D eigenvalue weighted by Gasteiger charge is 2.08. The highest BCUT2D eigenvalue weighted by Crippen LogP contribution is 2.29. The molecule has 0 unspecified atom stereocenters. The summed E-state index contributed by atoms with van der Waals surface area (Å²) in [5.41, 5.74) is 1.27. The summed E-state index contributed by atoms with van der Waals surface area (Å²) in [7, 11) is 1.98. The molecule has 0 amide bonds. The van der Waals surface area contributed by atoms with E-state index in [2.05, 4.69) is 47.2 Å². The third-order valence-corrected chi connectivity index (χ3v) is 3.17. The average molecular weight is 300 g/mol. The molecule has 0 bridgehead atoms. The predicted octanol–water partition coefficient (Wildman–Crippen LogP) is 3.95. The van der Waals surface area contributed by atoms with Crippen molar-refractivity contribution in [3.63, 3.8) is 0 Å². The van der Waals surface area contributed by atoms with Crippen LogP contribution in [0, 0.1) is 0 Å². The van der Waals surface area contributed by atoms with Crippen molar-refractivity contribution in [2.75, 3.05) is 20.2 Å². The van der Waals surface area contributed by atoms with Crippen LogP contribution in [0.3, 0.4) is 0 Å². The third kappa shape index (κ3) is 5.09. The Morgan fingerprint density at radius 3 is 2.71 bits per heavy atom. The molecule has 1 aromatic carbocycles. The lowest BCUT2D eigenvalue weighted by Gasteiger charge is -2.14. The average Bonchev–Trinajstić information content (AvgIpc) is 2.30. The molecular formula is C14H22BrNO. The van der Waals surface area contributed by atoms with E-state index < -0.39 is 0 Å². The van der Waals surface area contributed by atoms with Crippen LogP contribution in [0.1, 0.15) is 38.2 Å². The van der Waals surface area contributed by atoms with E-state index in [1.54, 1.807) is 0 Å². The van der Waals surface area contributed by atoms with Crippen LogP contribution in [-0.2, 0) is 0 Å². The zero-order valence-electron chi connectivity index (χ0n) is 10.9. The molecule has 0 saturated heterocycles. The maximum Gasteiger partial charge on any atom is 0.122 e. The number of unbranched alkanes of at least 4 members (excludes halogenated alkanes) is 1. The molecule has 0 heterocycles. The van der Waals surface area contributed by atoms with Gasteiger partial charge in [-0.3, -0.25) is 0 Å². The molecule has 2 nitrogen and oxygen atoms in total. The van der Waals surface area contributed by atoms with Crippen LogP contribution in [0.5, 0.6) is 5.75 Å². The summed E-state index contributed by atoms with van der Waals surface area (Å²) in [6.45, 7) is 6.23. The second kappa shape index (κ2) is 7.72. The van der Waals surface area contributed by atoms with Gasteiger partial charge in [0.1, 0.15) is 5.75 Å². The van der Waals surface area contributed by atoms with E-state index in [-0.39, 0.29) is 0 Å². The molecule has 0 atom stereocenters. The molecule has 0 saturated carbocycles. The van der Waals surface area contributed by atoms with Crippen molar-refractivity contribution in [3.8, 4) is 5.75 Å². The number of hydrogen-bond acceptors (Lipinski definition) is 2. The van der Waals surface area contributed by atoms with Gasteiger partial charge in [-0.25, -0.2) is 0 Å². The SMILES string of the molecule is CNCCCCOc1ccc(Br)cc1C(C)C. The van der Waals surface area contributed by atoms with Crippen molar-refractivity contribution in [1.29, 1.82) is 0 Å². The first-order valence-corrected chi connectivity index (χ1v) is 7.01. The Balaban J connectivity index is 2.52. The number of halogens is 1. The van der Waals surface area contributed by atoms with Crippen LogP contribution in [0.15, 0.2) is 22.7 Å². The molecule has 1 rings (SSSR count). The Kier molecular flexibility index (Phi) is 6.60. The van der Waals surface area contributed by atoms with E-state index in [0.29, 0.717) is 5.92 Å². The van der Waals surface area contributed by atoms with E-state index in [4.69, 9.17) is 4.74 Å². The molecule has 0 radical (unpaired) electrons. The van der Waals surface area contributed by atoms with E-state index in [1.165, 1.54) is 5.56 Å². The summed E-state index contributed by atoms with van der Waals surface area (Å²) in [5.74, 6) is 1.51. The quantitative estimate of drug-likeness (QED) is 0.770. The lowest BCUT2D eigenvalue weighted by Crippen LogP contribution is -2.09. The Bertz CT molecular complexity index is 339. The number of nitrogens with one attached hydrogen (secondary N) is 1. The smallest absolute Gasteiger partial charge is 0.122 e. The minimum atomic E-state index is 0.486. The molecule has 0 aromatic heterocycles. The summed E-state index contributed by atoms with van der Waals surface area (Å²) in [5, 5.41) is 3.14. The van der Waals surface area contributed by atoms with Crippen LogP contribution in [0.25, 0.3) is 0 Å². The summed E-state index contributed by atoms with van der Waals surface area (Å²) in [6.07, 6.45) is 2.25. The van der Waals surface area contributed by atoms with Crippen LogP contribution in [-0.4, -0.2) is 20.2 Å². The zero-order chi connectivity index (χ0) is 12.7. The van der Waals surface area contributed by atoms with Crippen molar-refractivity contribution in [1.82, 2.24) is 5.32 Å². The minimum absolute atomic E-state index is 0.486. The van der Waals surface area contributed by atoms with Crippen molar-refractivity contribution >= 4 is 15.9 Å². The fraction of sp³-hybridized carbons (Fsp3) is 0.571. The third-order valence-electron chi connectivity index (χ3n) is 2.67. The molecular weight excluding hydrogens is 278 g/mol. The van der Waals surface area contributed by atoms with Crippen LogP contribution in [0.2, 0.25) is 0 Å². The van der Waals surface area contributed by atoms with Gasteiger partial charge in [-0.15, -0.1) is 0 Å². The first-order valence-electron chi connectivity index (χ1n) is 6.22. The van der Waals surface area contributed by atoms with Crippen molar-refractivity contribution in [2.45, 2.75) is 32.6 Å². The van der Waals surface area contributed by atoms with E-state index in [0.717, 1.165) is 36.2 Å². The Morgan fingerprint density at radius 2 is 2.06 bits per heavy atom. The van der Waals surface area contributed by atoms with E-state index in [9.17, 15) is 0 Å². The van der Waals surface area contributed by atoms with Gasteiger partial charge >= 0.3 is 0 Å². The van der Waals surface area contributed by atoms with Gasteiger partial charge in [-0.05, 0) is 56.1 Å². The Hall–Kier alpha value is -0.540. The predicted molar refractivity (Wildman–Crippen MR) is 76.9 cm³/mol. The van der Waals surface area contributed by atoms with Gasteiger partial charge in [0.2, 0.25) is 0 Å². The molecule has 17 heavy (non-hydrogen) atoms. The Labute approximate surface area is 113 Å². The van der Waals surface area contributed by atoms with E-state index >= 15 is 0 Å². The standard InChI is InChI=1S/C14H22BrNO/c1-11(2)13-10-12(15)6-7-14(13)17-9-5-4-8-16-3/h6-7,10-11,16H,4-5,8-9H2,1-3H3. The fourth-order valence-corrected chi connectivity index (χ4v) is 2.07. The fourth-order valence-electron chi connectivity index (χ4n) is 1.69. The van der Waals surface area contributed by atoms with Crippen molar-refractivity contribution in [3.05, 3.63) is 28.2 Å². The monoisotopic (exact) mass is 299 g/mol. The lowest BCUT2D eigenvalue weighted by molar-refractivity contribution is 0.302.